The van der Waals surface area contributed by atoms with Crippen LogP contribution in [0.1, 0.15) is 44.1 Å². The molecule has 2 unspecified atom stereocenters. The Morgan fingerprint density at radius 1 is 1.36 bits per heavy atom. The van der Waals surface area contributed by atoms with Crippen molar-refractivity contribution in [3.05, 3.63) is 47.8 Å². The van der Waals surface area contributed by atoms with Crippen molar-refractivity contribution in [3.63, 3.8) is 0 Å². The number of hydrogen-bond acceptors (Lipinski definition) is 3. The average Bonchev–Trinajstić information content (AvgIpc) is 2.98. The standard InChI is InChI=1S/C18H25FN4O2/c1-12(5-4-10-24)21-18(25)22-13(2)15-6-7-17(16(19)11-15)23-9-8-20-14(23)3/h6-9,11-13,24H,4-5,10H2,1-3H3,(H2,21,22,25). The van der Waals surface area contributed by atoms with Crippen LogP contribution in [0.25, 0.3) is 5.69 Å². The number of aliphatic hydroxyl groups is 1. The normalized spacial score (nSPS) is 13.3. The fourth-order valence-electron chi connectivity index (χ4n) is 2.64. The van der Waals surface area contributed by atoms with E-state index >= 15 is 0 Å². The summed E-state index contributed by atoms with van der Waals surface area (Å²) >= 11 is 0. The van der Waals surface area contributed by atoms with Crippen LogP contribution in [0.2, 0.25) is 0 Å². The number of amides is 2. The Morgan fingerprint density at radius 2 is 2.12 bits per heavy atom. The highest BCUT2D eigenvalue weighted by Crippen LogP contribution is 2.20. The van der Waals surface area contributed by atoms with Crippen molar-refractivity contribution in [1.82, 2.24) is 20.2 Å². The van der Waals surface area contributed by atoms with Crippen molar-refractivity contribution in [3.8, 4) is 5.69 Å². The van der Waals surface area contributed by atoms with Crippen LogP contribution in [0.5, 0.6) is 0 Å². The van der Waals surface area contributed by atoms with Crippen molar-refractivity contribution in [2.75, 3.05) is 6.61 Å². The summed E-state index contributed by atoms with van der Waals surface area (Å²) in [4.78, 5) is 16.1. The Labute approximate surface area is 147 Å². The number of halogens is 1. The summed E-state index contributed by atoms with van der Waals surface area (Å²) in [6.07, 6.45) is 4.66. The molecule has 0 radical (unpaired) electrons. The monoisotopic (exact) mass is 348 g/mol. The van der Waals surface area contributed by atoms with Crippen molar-refractivity contribution in [2.24, 2.45) is 0 Å². The molecule has 2 atom stereocenters. The SMILES string of the molecule is Cc1nccn1-c1ccc(C(C)NC(=O)NC(C)CCCO)cc1F. The van der Waals surface area contributed by atoms with Gasteiger partial charge in [-0.1, -0.05) is 6.07 Å². The van der Waals surface area contributed by atoms with E-state index in [1.807, 2.05) is 6.92 Å². The maximum absolute atomic E-state index is 14.4. The molecule has 0 saturated carbocycles. The number of nitrogens with one attached hydrogen (secondary N) is 2. The molecule has 7 heteroatoms. The van der Waals surface area contributed by atoms with E-state index in [4.69, 9.17) is 5.11 Å². The third-order valence-corrected chi connectivity index (χ3v) is 4.08. The minimum Gasteiger partial charge on any atom is -0.396 e. The van der Waals surface area contributed by atoms with Gasteiger partial charge in [0.1, 0.15) is 11.6 Å². The topological polar surface area (TPSA) is 79.2 Å². The van der Waals surface area contributed by atoms with E-state index in [1.54, 1.807) is 42.9 Å². The minimum absolute atomic E-state index is 0.0392. The molecule has 25 heavy (non-hydrogen) atoms. The molecule has 0 aliphatic carbocycles. The lowest BCUT2D eigenvalue weighted by Gasteiger charge is -2.19. The van der Waals surface area contributed by atoms with Gasteiger partial charge in [-0.2, -0.15) is 0 Å². The maximum atomic E-state index is 14.4. The summed E-state index contributed by atoms with van der Waals surface area (Å²) in [5.74, 6) is 0.332. The Morgan fingerprint density at radius 3 is 2.72 bits per heavy atom. The molecule has 2 rings (SSSR count). The molecule has 0 bridgehead atoms. The number of carbonyl (C=O) groups is 1. The number of carbonyl (C=O) groups excluding carboxylic acids is 1. The number of aryl methyl sites for hydroxylation is 1. The van der Waals surface area contributed by atoms with E-state index in [9.17, 15) is 9.18 Å². The quantitative estimate of drug-likeness (QED) is 0.720. The van der Waals surface area contributed by atoms with Crippen LogP contribution in [-0.4, -0.2) is 33.3 Å². The molecule has 1 heterocycles. The van der Waals surface area contributed by atoms with Crippen LogP contribution in [0, 0.1) is 12.7 Å². The highest BCUT2D eigenvalue weighted by atomic mass is 19.1. The van der Waals surface area contributed by atoms with E-state index in [1.165, 1.54) is 6.07 Å². The van der Waals surface area contributed by atoms with Gasteiger partial charge in [0.2, 0.25) is 0 Å². The average molecular weight is 348 g/mol. The molecular formula is C18H25FN4O2. The summed E-state index contributed by atoms with van der Waals surface area (Å²) in [6, 6.07) is 4.21. The Kier molecular flexibility index (Phi) is 6.52. The van der Waals surface area contributed by atoms with Gasteiger partial charge in [-0.3, -0.25) is 0 Å². The van der Waals surface area contributed by atoms with Crippen LogP contribution in [0.3, 0.4) is 0 Å². The predicted molar refractivity (Wildman–Crippen MR) is 94.1 cm³/mol. The molecule has 0 aliphatic rings. The first kappa shape index (κ1) is 18.9. The molecule has 0 spiro atoms. The van der Waals surface area contributed by atoms with Gasteiger partial charge in [0.25, 0.3) is 0 Å². The van der Waals surface area contributed by atoms with Gasteiger partial charge in [0, 0.05) is 25.0 Å². The fraction of sp³-hybridized carbons (Fsp3) is 0.444. The van der Waals surface area contributed by atoms with Gasteiger partial charge >= 0.3 is 6.03 Å². The molecule has 2 amide bonds. The number of nitrogens with zero attached hydrogens (tertiary/aromatic N) is 2. The Balaban J connectivity index is 2.00. The number of benzene rings is 1. The highest BCUT2D eigenvalue weighted by molar-refractivity contribution is 5.74. The van der Waals surface area contributed by atoms with Crippen molar-refractivity contribution < 1.29 is 14.3 Å². The second-order valence-corrected chi connectivity index (χ2v) is 6.16. The van der Waals surface area contributed by atoms with Crippen LogP contribution >= 0.6 is 0 Å². The van der Waals surface area contributed by atoms with Crippen molar-refractivity contribution in [1.29, 1.82) is 0 Å². The fourth-order valence-corrected chi connectivity index (χ4v) is 2.64. The van der Waals surface area contributed by atoms with Crippen molar-refractivity contribution in [2.45, 2.75) is 45.7 Å². The van der Waals surface area contributed by atoms with Gasteiger partial charge in [-0.15, -0.1) is 0 Å². The number of aliphatic hydroxyl groups excluding tert-OH is 1. The second kappa shape index (κ2) is 8.62. The minimum atomic E-state index is -0.371. The second-order valence-electron chi connectivity index (χ2n) is 6.16. The lowest BCUT2D eigenvalue weighted by atomic mass is 10.1. The molecule has 1 aromatic heterocycles. The summed E-state index contributed by atoms with van der Waals surface area (Å²) < 4.78 is 16.1. The molecule has 136 valence electrons. The first-order chi connectivity index (χ1) is 11.9. The number of imidazole rings is 1. The van der Waals surface area contributed by atoms with Gasteiger partial charge in [0.15, 0.2) is 0 Å². The van der Waals surface area contributed by atoms with Crippen LogP contribution in [0.15, 0.2) is 30.6 Å². The molecule has 0 saturated heterocycles. The Hall–Kier alpha value is -2.41. The first-order valence-corrected chi connectivity index (χ1v) is 8.40. The number of urea groups is 1. The van der Waals surface area contributed by atoms with E-state index in [0.717, 1.165) is 0 Å². The summed E-state index contributed by atoms with van der Waals surface area (Å²) in [6.45, 7) is 5.59. The molecule has 3 N–H and O–H groups in total. The maximum Gasteiger partial charge on any atom is 0.315 e. The van der Waals surface area contributed by atoms with Crippen LogP contribution < -0.4 is 10.6 Å². The number of hydrogen-bond donors (Lipinski definition) is 3. The lowest BCUT2D eigenvalue weighted by Crippen LogP contribution is -2.41. The first-order valence-electron chi connectivity index (χ1n) is 8.40. The van der Waals surface area contributed by atoms with Gasteiger partial charge in [-0.05, 0) is 51.3 Å². The van der Waals surface area contributed by atoms with Crippen LogP contribution in [-0.2, 0) is 0 Å². The largest absolute Gasteiger partial charge is 0.396 e. The Bertz CT molecular complexity index is 717. The van der Waals surface area contributed by atoms with Crippen molar-refractivity contribution >= 4 is 6.03 Å². The summed E-state index contributed by atoms with van der Waals surface area (Å²) in [5, 5.41) is 14.4. The summed E-state index contributed by atoms with van der Waals surface area (Å²) in [5.41, 5.74) is 1.10. The highest BCUT2D eigenvalue weighted by Gasteiger charge is 2.14. The third-order valence-electron chi connectivity index (χ3n) is 4.08. The molecule has 6 nitrogen and oxygen atoms in total. The van der Waals surface area contributed by atoms with Gasteiger partial charge < -0.3 is 20.3 Å². The zero-order valence-corrected chi connectivity index (χ0v) is 14.8. The molecular weight excluding hydrogens is 323 g/mol. The van der Waals surface area contributed by atoms with E-state index in [2.05, 4.69) is 15.6 Å². The van der Waals surface area contributed by atoms with Gasteiger partial charge in [0.05, 0.1) is 11.7 Å². The molecule has 0 fully saturated rings. The van der Waals surface area contributed by atoms with Gasteiger partial charge in [-0.25, -0.2) is 14.2 Å². The predicted octanol–water partition coefficient (Wildman–Crippen LogP) is 2.84. The molecule has 0 aliphatic heterocycles. The number of rotatable bonds is 7. The molecule has 2 aromatic rings. The molecule has 1 aromatic carbocycles. The van der Waals surface area contributed by atoms with E-state index < -0.39 is 0 Å². The third kappa shape index (κ3) is 5.03. The van der Waals surface area contributed by atoms with E-state index in [-0.39, 0.29) is 30.5 Å². The van der Waals surface area contributed by atoms with Crippen LogP contribution in [0.4, 0.5) is 9.18 Å². The zero-order chi connectivity index (χ0) is 18.4. The van der Waals surface area contributed by atoms with E-state index in [0.29, 0.717) is 29.9 Å². The summed E-state index contributed by atoms with van der Waals surface area (Å²) in [7, 11) is 0. The smallest absolute Gasteiger partial charge is 0.315 e. The zero-order valence-electron chi connectivity index (χ0n) is 14.8. The number of aromatic nitrogens is 2. The lowest BCUT2D eigenvalue weighted by molar-refractivity contribution is 0.231.